The molecule has 1 aliphatic heterocycles. The molecular weight excluding hydrogens is 379 g/mol. The molecular formula is C20H19FN4O2S. The topological polar surface area (TPSA) is 84.0 Å². The van der Waals surface area contributed by atoms with E-state index in [-0.39, 0.29) is 23.4 Å². The highest BCUT2D eigenvalue weighted by Crippen LogP contribution is 2.25. The number of hydrogen-bond donors (Lipinski definition) is 2. The molecule has 4 rings (SSSR count). The number of halogens is 1. The third-order valence-electron chi connectivity index (χ3n) is 4.46. The van der Waals surface area contributed by atoms with Crippen molar-refractivity contribution in [2.75, 3.05) is 22.1 Å². The second-order valence-electron chi connectivity index (χ2n) is 6.71. The molecule has 28 heavy (non-hydrogen) atoms. The minimum Gasteiger partial charge on any atom is -0.350 e. The van der Waals surface area contributed by atoms with Crippen LogP contribution in [0.5, 0.6) is 0 Å². The van der Waals surface area contributed by atoms with E-state index in [0.29, 0.717) is 29.6 Å². The van der Waals surface area contributed by atoms with Crippen LogP contribution in [-0.4, -0.2) is 35.9 Å². The molecule has 1 saturated heterocycles. The Morgan fingerprint density at radius 1 is 1.00 bits per heavy atom. The van der Waals surface area contributed by atoms with Crippen molar-refractivity contribution in [1.29, 1.82) is 0 Å². The fourth-order valence-electron chi connectivity index (χ4n) is 3.14. The van der Waals surface area contributed by atoms with Crippen LogP contribution < -0.4 is 10.6 Å². The Morgan fingerprint density at radius 2 is 1.82 bits per heavy atom. The Bertz CT molecular complexity index is 1090. The highest BCUT2D eigenvalue weighted by Gasteiger charge is 2.28. The van der Waals surface area contributed by atoms with Gasteiger partial charge in [0.2, 0.25) is 5.95 Å². The van der Waals surface area contributed by atoms with Crippen LogP contribution >= 0.6 is 0 Å². The number of hydrogen-bond acceptors (Lipinski definition) is 6. The predicted octanol–water partition coefficient (Wildman–Crippen LogP) is 3.63. The highest BCUT2D eigenvalue weighted by atomic mass is 32.2. The zero-order valence-electron chi connectivity index (χ0n) is 15.0. The van der Waals surface area contributed by atoms with Crippen LogP contribution in [0.25, 0.3) is 11.3 Å². The Hall–Kier alpha value is -3.00. The molecule has 0 bridgehead atoms. The van der Waals surface area contributed by atoms with Gasteiger partial charge >= 0.3 is 0 Å². The maximum atomic E-state index is 13.5. The molecule has 0 saturated carbocycles. The number of rotatable bonds is 5. The Kier molecular flexibility index (Phi) is 4.95. The van der Waals surface area contributed by atoms with Crippen molar-refractivity contribution in [3.8, 4) is 11.3 Å². The van der Waals surface area contributed by atoms with Gasteiger partial charge in [-0.15, -0.1) is 0 Å². The van der Waals surface area contributed by atoms with E-state index in [2.05, 4.69) is 20.6 Å². The predicted molar refractivity (Wildman–Crippen MR) is 108 cm³/mol. The summed E-state index contributed by atoms with van der Waals surface area (Å²) in [6.45, 7) is 0. The van der Waals surface area contributed by atoms with Crippen molar-refractivity contribution in [2.24, 2.45) is 0 Å². The standard InChI is InChI=1S/C20H19FN4O2S/c21-15-7-4-8-16(11-15)22-19-12-18(14-5-2-1-3-6-14)24-20(25-19)23-17-9-10-28(26,27)13-17/h1-8,11-12,17H,9-10,13H2,(H2,22,23,24,25). The molecule has 0 spiro atoms. The normalized spacial score (nSPS) is 18.0. The zero-order chi connectivity index (χ0) is 19.6. The molecule has 2 aromatic carbocycles. The zero-order valence-corrected chi connectivity index (χ0v) is 15.8. The van der Waals surface area contributed by atoms with Crippen LogP contribution in [-0.2, 0) is 9.84 Å². The summed E-state index contributed by atoms with van der Waals surface area (Å²) in [5.41, 5.74) is 2.14. The fourth-order valence-corrected chi connectivity index (χ4v) is 4.81. The van der Waals surface area contributed by atoms with E-state index >= 15 is 0 Å². The number of sulfone groups is 1. The summed E-state index contributed by atoms with van der Waals surface area (Å²) in [6, 6.07) is 17.2. The summed E-state index contributed by atoms with van der Waals surface area (Å²) in [5, 5.41) is 6.22. The summed E-state index contributed by atoms with van der Waals surface area (Å²) >= 11 is 0. The van der Waals surface area contributed by atoms with Crippen molar-refractivity contribution in [1.82, 2.24) is 9.97 Å². The molecule has 0 radical (unpaired) electrons. The summed E-state index contributed by atoms with van der Waals surface area (Å²) in [5.74, 6) is 0.706. The van der Waals surface area contributed by atoms with E-state index in [0.717, 1.165) is 5.56 Å². The third-order valence-corrected chi connectivity index (χ3v) is 6.23. The van der Waals surface area contributed by atoms with Crippen molar-refractivity contribution < 1.29 is 12.8 Å². The largest absolute Gasteiger partial charge is 0.350 e. The molecule has 8 heteroatoms. The average Bonchev–Trinajstić information content (AvgIpc) is 3.00. The van der Waals surface area contributed by atoms with E-state index in [1.807, 2.05) is 30.3 Å². The first-order chi connectivity index (χ1) is 13.5. The molecule has 6 nitrogen and oxygen atoms in total. The molecule has 2 N–H and O–H groups in total. The van der Waals surface area contributed by atoms with E-state index in [4.69, 9.17) is 0 Å². The van der Waals surface area contributed by atoms with Gasteiger partial charge in [-0.2, -0.15) is 4.98 Å². The number of nitrogens with one attached hydrogen (secondary N) is 2. The Morgan fingerprint density at radius 3 is 2.54 bits per heavy atom. The van der Waals surface area contributed by atoms with Gasteiger partial charge in [0.1, 0.15) is 11.6 Å². The Labute approximate surface area is 162 Å². The molecule has 1 aromatic heterocycles. The van der Waals surface area contributed by atoms with Crippen molar-refractivity contribution >= 4 is 27.3 Å². The lowest BCUT2D eigenvalue weighted by Gasteiger charge is -2.14. The van der Waals surface area contributed by atoms with Gasteiger partial charge in [0, 0.05) is 23.4 Å². The SMILES string of the molecule is O=S1(=O)CCC(Nc2nc(Nc3cccc(F)c3)cc(-c3ccccc3)n2)C1. The molecule has 2 heterocycles. The van der Waals surface area contributed by atoms with Crippen LogP contribution in [0.2, 0.25) is 0 Å². The lowest BCUT2D eigenvalue weighted by Crippen LogP contribution is -2.22. The van der Waals surface area contributed by atoms with Gasteiger partial charge in [-0.3, -0.25) is 0 Å². The van der Waals surface area contributed by atoms with E-state index in [1.54, 1.807) is 18.2 Å². The van der Waals surface area contributed by atoms with Crippen LogP contribution in [0.4, 0.5) is 21.8 Å². The Balaban J connectivity index is 1.67. The summed E-state index contributed by atoms with van der Waals surface area (Å²) < 4.78 is 37.0. The lowest BCUT2D eigenvalue weighted by molar-refractivity contribution is 0.602. The molecule has 0 aliphatic carbocycles. The first-order valence-electron chi connectivity index (χ1n) is 8.91. The first-order valence-corrected chi connectivity index (χ1v) is 10.7. The minimum absolute atomic E-state index is 0.0680. The second kappa shape index (κ2) is 7.55. The van der Waals surface area contributed by atoms with E-state index in [1.165, 1.54) is 12.1 Å². The van der Waals surface area contributed by atoms with E-state index in [9.17, 15) is 12.8 Å². The van der Waals surface area contributed by atoms with Crippen LogP contribution in [0.1, 0.15) is 6.42 Å². The molecule has 0 amide bonds. The van der Waals surface area contributed by atoms with Crippen molar-refractivity contribution in [3.05, 3.63) is 66.5 Å². The monoisotopic (exact) mass is 398 g/mol. The van der Waals surface area contributed by atoms with Crippen LogP contribution in [0, 0.1) is 5.82 Å². The molecule has 1 fully saturated rings. The fraction of sp³-hybridized carbons (Fsp3) is 0.200. The van der Waals surface area contributed by atoms with Crippen molar-refractivity contribution in [2.45, 2.75) is 12.5 Å². The summed E-state index contributed by atoms with van der Waals surface area (Å²) in [7, 11) is -3.02. The number of aromatic nitrogens is 2. The van der Waals surface area contributed by atoms with Crippen LogP contribution in [0.3, 0.4) is 0 Å². The molecule has 1 aliphatic rings. The first kappa shape index (κ1) is 18.4. The number of benzene rings is 2. The van der Waals surface area contributed by atoms with Crippen molar-refractivity contribution in [3.63, 3.8) is 0 Å². The number of nitrogens with zero attached hydrogens (tertiary/aromatic N) is 2. The molecule has 1 unspecified atom stereocenters. The lowest BCUT2D eigenvalue weighted by atomic mass is 10.1. The van der Waals surface area contributed by atoms with Crippen LogP contribution in [0.15, 0.2) is 60.7 Å². The summed E-state index contributed by atoms with van der Waals surface area (Å²) in [6.07, 6.45) is 0.522. The minimum atomic E-state index is -3.02. The van der Waals surface area contributed by atoms with E-state index < -0.39 is 9.84 Å². The van der Waals surface area contributed by atoms with Gasteiger partial charge < -0.3 is 10.6 Å². The smallest absolute Gasteiger partial charge is 0.225 e. The maximum Gasteiger partial charge on any atom is 0.225 e. The average molecular weight is 398 g/mol. The highest BCUT2D eigenvalue weighted by molar-refractivity contribution is 7.91. The third kappa shape index (κ3) is 4.45. The van der Waals surface area contributed by atoms with Gasteiger partial charge in [0.05, 0.1) is 17.2 Å². The van der Waals surface area contributed by atoms with Gasteiger partial charge in [0.15, 0.2) is 9.84 Å². The maximum absolute atomic E-state index is 13.5. The van der Waals surface area contributed by atoms with Gasteiger partial charge in [-0.25, -0.2) is 17.8 Å². The molecule has 144 valence electrons. The molecule has 1 atom stereocenters. The van der Waals surface area contributed by atoms with Gasteiger partial charge in [-0.1, -0.05) is 36.4 Å². The summed E-state index contributed by atoms with van der Waals surface area (Å²) in [4.78, 5) is 8.99. The second-order valence-corrected chi connectivity index (χ2v) is 8.94. The van der Waals surface area contributed by atoms with Gasteiger partial charge in [0.25, 0.3) is 0 Å². The molecule has 3 aromatic rings. The van der Waals surface area contributed by atoms with Gasteiger partial charge in [-0.05, 0) is 24.6 Å². The quantitative estimate of drug-likeness (QED) is 0.683. The number of anilines is 3.